The standard InChI is InChI=1S/C10H17N5O2/c1-7(4-9(11)13-17)15(3)10(16)8-5-12-14(2)6-8/h5-7,17H,4H2,1-3H3,(H2,11,13). The van der Waals surface area contributed by atoms with Crippen molar-refractivity contribution in [1.29, 1.82) is 0 Å². The number of nitrogens with two attached hydrogens (primary N) is 1. The maximum atomic E-state index is 12.0. The molecular formula is C10H17N5O2. The van der Waals surface area contributed by atoms with Gasteiger partial charge in [0.2, 0.25) is 0 Å². The van der Waals surface area contributed by atoms with Gasteiger partial charge in [0.05, 0.1) is 11.8 Å². The average Bonchev–Trinajstić information content (AvgIpc) is 2.73. The van der Waals surface area contributed by atoms with Gasteiger partial charge >= 0.3 is 0 Å². The fraction of sp³-hybridized carbons (Fsp3) is 0.500. The highest BCUT2D eigenvalue weighted by Crippen LogP contribution is 2.07. The smallest absolute Gasteiger partial charge is 0.257 e. The van der Waals surface area contributed by atoms with Crippen molar-refractivity contribution >= 4 is 11.7 Å². The Labute approximate surface area is 99.5 Å². The van der Waals surface area contributed by atoms with Crippen LogP contribution in [0.5, 0.6) is 0 Å². The second kappa shape index (κ2) is 5.33. The summed E-state index contributed by atoms with van der Waals surface area (Å²) in [7, 11) is 3.42. The summed E-state index contributed by atoms with van der Waals surface area (Å²) < 4.78 is 1.56. The van der Waals surface area contributed by atoms with Crippen LogP contribution in [-0.2, 0) is 7.05 Å². The Kier molecular flexibility index (Phi) is 4.08. The molecule has 0 radical (unpaired) electrons. The Morgan fingerprint density at radius 1 is 1.76 bits per heavy atom. The summed E-state index contributed by atoms with van der Waals surface area (Å²) in [6.45, 7) is 1.83. The van der Waals surface area contributed by atoms with Crippen molar-refractivity contribution in [2.24, 2.45) is 17.9 Å². The number of aromatic nitrogens is 2. The molecule has 0 bridgehead atoms. The quantitative estimate of drug-likeness (QED) is 0.335. The first-order valence-electron chi connectivity index (χ1n) is 5.18. The van der Waals surface area contributed by atoms with Gasteiger partial charge < -0.3 is 15.8 Å². The van der Waals surface area contributed by atoms with Crippen molar-refractivity contribution < 1.29 is 10.0 Å². The van der Waals surface area contributed by atoms with Crippen molar-refractivity contribution in [2.45, 2.75) is 19.4 Å². The van der Waals surface area contributed by atoms with E-state index in [0.29, 0.717) is 12.0 Å². The highest BCUT2D eigenvalue weighted by Gasteiger charge is 2.19. The Morgan fingerprint density at radius 2 is 2.41 bits per heavy atom. The van der Waals surface area contributed by atoms with Crippen LogP contribution in [0.1, 0.15) is 23.7 Å². The maximum absolute atomic E-state index is 12.0. The first-order valence-corrected chi connectivity index (χ1v) is 5.18. The molecule has 0 saturated carbocycles. The van der Waals surface area contributed by atoms with Crippen LogP contribution in [-0.4, -0.2) is 44.7 Å². The number of carbonyl (C=O) groups excluding carboxylic acids is 1. The van der Waals surface area contributed by atoms with Crippen LogP contribution in [0.25, 0.3) is 0 Å². The SMILES string of the molecule is CC(C/C(N)=N/O)N(C)C(=O)c1cnn(C)c1. The van der Waals surface area contributed by atoms with Crippen LogP contribution in [0.2, 0.25) is 0 Å². The van der Waals surface area contributed by atoms with Gasteiger partial charge in [-0.1, -0.05) is 5.16 Å². The lowest BCUT2D eigenvalue weighted by Gasteiger charge is -2.23. The highest BCUT2D eigenvalue weighted by atomic mass is 16.4. The molecule has 0 spiro atoms. The summed E-state index contributed by atoms with van der Waals surface area (Å²) in [5, 5.41) is 15.3. The minimum absolute atomic E-state index is 0.100. The monoisotopic (exact) mass is 239 g/mol. The molecule has 17 heavy (non-hydrogen) atoms. The lowest BCUT2D eigenvalue weighted by atomic mass is 10.2. The lowest BCUT2D eigenvalue weighted by Crippen LogP contribution is -2.37. The van der Waals surface area contributed by atoms with Crippen LogP contribution >= 0.6 is 0 Å². The summed E-state index contributed by atoms with van der Waals surface area (Å²) in [5.41, 5.74) is 5.92. The van der Waals surface area contributed by atoms with Gasteiger partial charge in [-0.05, 0) is 6.92 Å². The fourth-order valence-electron chi connectivity index (χ4n) is 1.42. The van der Waals surface area contributed by atoms with Crippen molar-refractivity contribution in [3.05, 3.63) is 18.0 Å². The zero-order valence-electron chi connectivity index (χ0n) is 10.2. The number of rotatable bonds is 4. The predicted molar refractivity (Wildman–Crippen MR) is 62.8 cm³/mol. The zero-order chi connectivity index (χ0) is 13.0. The van der Waals surface area contributed by atoms with Crippen molar-refractivity contribution in [3.63, 3.8) is 0 Å². The Morgan fingerprint density at radius 3 is 2.88 bits per heavy atom. The van der Waals surface area contributed by atoms with E-state index in [-0.39, 0.29) is 17.8 Å². The summed E-state index contributed by atoms with van der Waals surface area (Å²) in [6, 6.07) is -0.154. The Hall–Kier alpha value is -2.05. The Balaban J connectivity index is 2.69. The van der Waals surface area contributed by atoms with E-state index in [0.717, 1.165) is 0 Å². The third kappa shape index (κ3) is 3.20. The van der Waals surface area contributed by atoms with E-state index < -0.39 is 0 Å². The summed E-state index contributed by atoms with van der Waals surface area (Å²) in [6.07, 6.45) is 3.48. The molecule has 3 N–H and O–H groups in total. The van der Waals surface area contributed by atoms with Gasteiger partial charge in [0.1, 0.15) is 5.84 Å². The van der Waals surface area contributed by atoms with Crippen molar-refractivity contribution in [3.8, 4) is 0 Å². The van der Waals surface area contributed by atoms with Gasteiger partial charge in [-0.3, -0.25) is 9.48 Å². The molecule has 0 aliphatic rings. The fourth-order valence-corrected chi connectivity index (χ4v) is 1.42. The maximum Gasteiger partial charge on any atom is 0.257 e. The van der Waals surface area contributed by atoms with E-state index in [9.17, 15) is 4.79 Å². The molecule has 94 valence electrons. The Bertz CT molecular complexity index is 426. The molecule has 1 heterocycles. The van der Waals surface area contributed by atoms with E-state index >= 15 is 0 Å². The average molecular weight is 239 g/mol. The topological polar surface area (TPSA) is 96.7 Å². The van der Waals surface area contributed by atoms with E-state index in [4.69, 9.17) is 10.9 Å². The molecule has 0 aromatic carbocycles. The molecule has 0 aliphatic heterocycles. The number of amides is 1. The van der Waals surface area contributed by atoms with Crippen LogP contribution in [0.4, 0.5) is 0 Å². The number of carbonyl (C=O) groups is 1. The van der Waals surface area contributed by atoms with Gasteiger partial charge in [0.25, 0.3) is 5.91 Å². The van der Waals surface area contributed by atoms with E-state index in [1.54, 1.807) is 25.0 Å². The molecule has 0 saturated heterocycles. The molecule has 1 aromatic rings. The number of hydrogen-bond donors (Lipinski definition) is 2. The second-order valence-electron chi connectivity index (χ2n) is 3.96. The number of nitrogens with zero attached hydrogens (tertiary/aromatic N) is 4. The molecule has 1 aromatic heterocycles. The van der Waals surface area contributed by atoms with Crippen LogP contribution in [0.15, 0.2) is 17.5 Å². The van der Waals surface area contributed by atoms with Crippen LogP contribution < -0.4 is 5.73 Å². The molecule has 1 atom stereocenters. The predicted octanol–water partition coefficient (Wildman–Crippen LogP) is 0.0171. The molecule has 7 heteroatoms. The van der Waals surface area contributed by atoms with E-state index in [2.05, 4.69) is 10.3 Å². The van der Waals surface area contributed by atoms with Crippen molar-refractivity contribution in [2.75, 3.05) is 7.05 Å². The van der Waals surface area contributed by atoms with E-state index in [1.807, 2.05) is 6.92 Å². The molecule has 1 rings (SSSR count). The van der Waals surface area contributed by atoms with Crippen LogP contribution in [0, 0.1) is 0 Å². The lowest BCUT2D eigenvalue weighted by molar-refractivity contribution is 0.0747. The van der Waals surface area contributed by atoms with Gasteiger partial charge in [-0.25, -0.2) is 0 Å². The second-order valence-corrected chi connectivity index (χ2v) is 3.96. The van der Waals surface area contributed by atoms with Crippen molar-refractivity contribution in [1.82, 2.24) is 14.7 Å². The minimum atomic E-state index is -0.154. The molecule has 0 aliphatic carbocycles. The number of amidine groups is 1. The van der Waals surface area contributed by atoms with E-state index in [1.165, 1.54) is 11.1 Å². The van der Waals surface area contributed by atoms with Gasteiger partial charge in [0.15, 0.2) is 0 Å². The van der Waals surface area contributed by atoms with Gasteiger partial charge in [-0.15, -0.1) is 0 Å². The molecule has 1 unspecified atom stereocenters. The number of aryl methyl sites for hydroxylation is 1. The highest BCUT2D eigenvalue weighted by molar-refractivity contribution is 5.94. The normalized spacial score (nSPS) is 13.5. The minimum Gasteiger partial charge on any atom is -0.409 e. The molecule has 0 fully saturated rings. The van der Waals surface area contributed by atoms with Gasteiger partial charge in [-0.2, -0.15) is 5.10 Å². The van der Waals surface area contributed by atoms with Gasteiger partial charge in [0, 0.05) is 32.8 Å². The molecule has 7 nitrogen and oxygen atoms in total. The van der Waals surface area contributed by atoms with Crippen LogP contribution in [0.3, 0.4) is 0 Å². The number of oxime groups is 1. The summed E-state index contributed by atoms with van der Waals surface area (Å²) >= 11 is 0. The third-order valence-electron chi connectivity index (χ3n) is 2.57. The largest absolute Gasteiger partial charge is 0.409 e. The third-order valence-corrected chi connectivity index (χ3v) is 2.57. The summed E-state index contributed by atoms with van der Waals surface area (Å²) in [4.78, 5) is 13.5. The zero-order valence-corrected chi connectivity index (χ0v) is 10.2. The summed E-state index contributed by atoms with van der Waals surface area (Å²) in [5.74, 6) is -0.0420. The first kappa shape index (κ1) is 13.0. The number of hydrogen-bond acceptors (Lipinski definition) is 4. The first-order chi connectivity index (χ1) is 7.95. The molecular weight excluding hydrogens is 222 g/mol. The molecule has 1 amide bonds.